The number of piperidine rings is 1. The van der Waals surface area contributed by atoms with Crippen molar-refractivity contribution in [3.63, 3.8) is 0 Å². The van der Waals surface area contributed by atoms with Crippen LogP contribution in [-0.2, 0) is 17.9 Å². The molecule has 1 fully saturated rings. The van der Waals surface area contributed by atoms with Crippen molar-refractivity contribution in [3.05, 3.63) is 35.4 Å². The van der Waals surface area contributed by atoms with Crippen LogP contribution in [-0.4, -0.2) is 36.5 Å². The largest absolute Gasteiger partial charge is 0.351 e. The van der Waals surface area contributed by atoms with Crippen molar-refractivity contribution in [2.75, 3.05) is 13.6 Å². The lowest BCUT2D eigenvalue weighted by atomic mass is 10.0. The molecular formula is C18H31Cl2N3O. The monoisotopic (exact) mass is 375 g/mol. The Hall–Kier alpha value is -0.810. The van der Waals surface area contributed by atoms with Gasteiger partial charge in [-0.2, -0.15) is 0 Å². The first-order chi connectivity index (χ1) is 10.6. The van der Waals surface area contributed by atoms with E-state index in [1.54, 1.807) is 0 Å². The van der Waals surface area contributed by atoms with Crippen LogP contribution in [0.15, 0.2) is 24.3 Å². The minimum absolute atomic E-state index is 0. The third-order valence-corrected chi connectivity index (χ3v) is 4.40. The van der Waals surface area contributed by atoms with E-state index in [-0.39, 0.29) is 36.8 Å². The fraction of sp³-hybridized carbons (Fsp3) is 0.611. The molecule has 0 saturated carbocycles. The molecule has 0 aromatic heterocycles. The molecule has 1 amide bonds. The molecule has 1 aliphatic heterocycles. The molecule has 24 heavy (non-hydrogen) atoms. The minimum atomic E-state index is -0.0102. The quantitative estimate of drug-likeness (QED) is 0.802. The number of rotatable bonds is 6. The average Bonchev–Trinajstić information content (AvgIpc) is 2.53. The van der Waals surface area contributed by atoms with Crippen molar-refractivity contribution < 1.29 is 4.79 Å². The molecule has 1 heterocycles. The van der Waals surface area contributed by atoms with Gasteiger partial charge in [0.15, 0.2) is 0 Å². The molecule has 0 spiro atoms. The number of carbonyl (C=O) groups is 1. The molecule has 2 rings (SSSR count). The average molecular weight is 376 g/mol. The molecule has 2 N–H and O–H groups in total. The van der Waals surface area contributed by atoms with Crippen LogP contribution in [0.4, 0.5) is 0 Å². The van der Waals surface area contributed by atoms with Crippen molar-refractivity contribution in [2.24, 2.45) is 0 Å². The molecule has 138 valence electrons. The second kappa shape index (κ2) is 11.7. The van der Waals surface area contributed by atoms with Gasteiger partial charge in [-0.1, -0.05) is 30.7 Å². The Labute approximate surface area is 158 Å². The Bertz CT molecular complexity index is 491. The van der Waals surface area contributed by atoms with E-state index in [0.29, 0.717) is 12.6 Å². The summed E-state index contributed by atoms with van der Waals surface area (Å²) in [6.45, 7) is 6.89. The molecular weight excluding hydrogens is 345 g/mol. The second-order valence-corrected chi connectivity index (χ2v) is 6.55. The van der Waals surface area contributed by atoms with Crippen LogP contribution in [0.25, 0.3) is 0 Å². The maximum atomic E-state index is 12.1. The van der Waals surface area contributed by atoms with E-state index >= 15 is 0 Å². The summed E-state index contributed by atoms with van der Waals surface area (Å²) in [5, 5.41) is 6.34. The molecule has 0 radical (unpaired) electrons. The number of benzene rings is 1. The molecule has 1 atom stereocenters. The van der Waals surface area contributed by atoms with Crippen LogP contribution in [0.2, 0.25) is 0 Å². The number of hydrogen-bond donors (Lipinski definition) is 2. The molecule has 4 nitrogen and oxygen atoms in total. The highest BCUT2D eigenvalue weighted by atomic mass is 35.5. The number of amides is 1. The number of nitrogens with one attached hydrogen (secondary N) is 2. The Balaban J connectivity index is 0.00000264. The zero-order chi connectivity index (χ0) is 15.9. The van der Waals surface area contributed by atoms with E-state index in [9.17, 15) is 4.79 Å². The number of carbonyl (C=O) groups excluding carboxylic acids is 1. The summed E-state index contributed by atoms with van der Waals surface area (Å²) >= 11 is 0. The summed E-state index contributed by atoms with van der Waals surface area (Å²) in [4.78, 5) is 14.5. The van der Waals surface area contributed by atoms with Gasteiger partial charge in [0, 0.05) is 19.1 Å². The van der Waals surface area contributed by atoms with Crippen LogP contribution in [0.5, 0.6) is 0 Å². The lowest BCUT2D eigenvalue weighted by molar-refractivity contribution is -0.123. The van der Waals surface area contributed by atoms with Crippen LogP contribution in [0.3, 0.4) is 0 Å². The summed E-state index contributed by atoms with van der Waals surface area (Å²) in [5.41, 5.74) is 2.46. The molecule has 1 aliphatic rings. The van der Waals surface area contributed by atoms with Crippen LogP contribution < -0.4 is 10.6 Å². The van der Waals surface area contributed by atoms with Crippen LogP contribution in [0, 0.1) is 0 Å². The number of hydrogen-bond acceptors (Lipinski definition) is 3. The molecule has 0 aliphatic carbocycles. The van der Waals surface area contributed by atoms with Gasteiger partial charge in [-0.15, -0.1) is 24.8 Å². The van der Waals surface area contributed by atoms with E-state index in [4.69, 9.17) is 0 Å². The highest BCUT2D eigenvalue weighted by molar-refractivity contribution is 5.85. The first-order valence-corrected chi connectivity index (χ1v) is 8.35. The first-order valence-electron chi connectivity index (χ1n) is 8.35. The topological polar surface area (TPSA) is 44.4 Å². The van der Waals surface area contributed by atoms with E-state index in [1.807, 2.05) is 0 Å². The van der Waals surface area contributed by atoms with E-state index in [2.05, 4.69) is 60.7 Å². The lowest BCUT2D eigenvalue weighted by Crippen LogP contribution is -2.46. The van der Waals surface area contributed by atoms with E-state index in [1.165, 1.54) is 17.5 Å². The zero-order valence-corrected chi connectivity index (χ0v) is 16.5. The van der Waals surface area contributed by atoms with E-state index in [0.717, 1.165) is 25.9 Å². The smallest absolute Gasteiger partial charge is 0.237 e. The van der Waals surface area contributed by atoms with E-state index < -0.39 is 0 Å². The van der Waals surface area contributed by atoms with Crippen molar-refractivity contribution in [1.82, 2.24) is 15.5 Å². The molecule has 6 heteroatoms. The Morgan fingerprint density at radius 3 is 2.62 bits per heavy atom. The Morgan fingerprint density at radius 2 is 2.00 bits per heavy atom. The zero-order valence-electron chi connectivity index (χ0n) is 14.9. The standard InChI is InChI=1S/C18H29N3O.2ClH/c1-14(2)21(3)13-16-8-6-7-15(11-16)12-20-18(22)17-9-4-5-10-19-17;;/h6-8,11,14,17,19H,4-5,9-10,12-13H2,1-3H3,(H,20,22);2*1H/t17-;;/m1../s1. The van der Waals surface area contributed by atoms with Crippen molar-refractivity contribution >= 4 is 30.7 Å². The number of nitrogens with zero attached hydrogens (tertiary/aromatic N) is 1. The van der Waals surface area contributed by atoms with Crippen molar-refractivity contribution in [3.8, 4) is 0 Å². The maximum absolute atomic E-state index is 12.1. The van der Waals surface area contributed by atoms with Gasteiger partial charge in [0.2, 0.25) is 5.91 Å². The van der Waals surface area contributed by atoms with Crippen molar-refractivity contribution in [2.45, 2.75) is 58.3 Å². The fourth-order valence-electron chi connectivity index (χ4n) is 2.70. The third kappa shape index (κ3) is 7.39. The van der Waals surface area contributed by atoms with Gasteiger partial charge in [-0.3, -0.25) is 9.69 Å². The highest BCUT2D eigenvalue weighted by Gasteiger charge is 2.19. The van der Waals surface area contributed by atoms with Gasteiger partial charge in [0.05, 0.1) is 6.04 Å². The summed E-state index contributed by atoms with van der Waals surface area (Å²) in [7, 11) is 2.13. The SMILES string of the molecule is CC(C)N(C)Cc1cccc(CNC(=O)[C@H]2CCCCN2)c1.Cl.Cl. The van der Waals surface area contributed by atoms with Gasteiger partial charge in [0.25, 0.3) is 0 Å². The normalized spacial score (nSPS) is 17.1. The highest BCUT2D eigenvalue weighted by Crippen LogP contribution is 2.10. The van der Waals surface area contributed by atoms with Crippen LogP contribution in [0.1, 0.15) is 44.2 Å². The molecule has 1 saturated heterocycles. The molecule has 1 aromatic carbocycles. The van der Waals surface area contributed by atoms with Gasteiger partial charge >= 0.3 is 0 Å². The number of halogens is 2. The predicted molar refractivity (Wildman–Crippen MR) is 105 cm³/mol. The maximum Gasteiger partial charge on any atom is 0.237 e. The van der Waals surface area contributed by atoms with Gasteiger partial charge in [-0.25, -0.2) is 0 Å². The summed E-state index contributed by atoms with van der Waals surface area (Å²) in [6.07, 6.45) is 3.27. The summed E-state index contributed by atoms with van der Waals surface area (Å²) < 4.78 is 0. The Kier molecular flexibility index (Phi) is 11.3. The molecule has 1 aromatic rings. The second-order valence-electron chi connectivity index (χ2n) is 6.55. The van der Waals surface area contributed by atoms with Crippen LogP contribution >= 0.6 is 24.8 Å². The lowest BCUT2D eigenvalue weighted by Gasteiger charge is -2.23. The minimum Gasteiger partial charge on any atom is -0.351 e. The van der Waals surface area contributed by atoms with Gasteiger partial charge < -0.3 is 10.6 Å². The summed E-state index contributed by atoms with van der Waals surface area (Å²) in [6, 6.07) is 9.00. The summed E-state index contributed by atoms with van der Waals surface area (Å²) in [5.74, 6) is 0.129. The van der Waals surface area contributed by atoms with Crippen molar-refractivity contribution in [1.29, 1.82) is 0 Å². The first kappa shape index (κ1) is 23.2. The fourth-order valence-corrected chi connectivity index (χ4v) is 2.70. The van der Waals surface area contributed by atoms with Gasteiger partial charge in [0.1, 0.15) is 0 Å². The molecule has 0 unspecified atom stereocenters. The molecule has 0 bridgehead atoms. The predicted octanol–water partition coefficient (Wildman–Crippen LogP) is 3.13. The van der Waals surface area contributed by atoms with Gasteiger partial charge in [-0.05, 0) is 51.4 Å². The Morgan fingerprint density at radius 1 is 1.29 bits per heavy atom. The third-order valence-electron chi connectivity index (χ3n) is 4.40.